The van der Waals surface area contributed by atoms with Crippen molar-refractivity contribution in [1.82, 2.24) is 20.2 Å². The summed E-state index contributed by atoms with van der Waals surface area (Å²) >= 11 is 0. The lowest BCUT2D eigenvalue weighted by molar-refractivity contribution is -0.193. The molecule has 0 amide bonds. The van der Waals surface area contributed by atoms with E-state index >= 15 is 0 Å². The van der Waals surface area contributed by atoms with E-state index in [0.717, 1.165) is 44.2 Å². The Morgan fingerprint density at radius 2 is 1.63 bits per heavy atom. The molecule has 0 aromatic carbocycles. The molecule has 2 fully saturated rings. The molecule has 3 N–H and O–H groups in total. The summed E-state index contributed by atoms with van der Waals surface area (Å²) in [6, 6.07) is 5.89. The molecule has 17 heteroatoms. The van der Waals surface area contributed by atoms with Gasteiger partial charge < -0.3 is 25.2 Å². The lowest BCUT2D eigenvalue weighted by atomic mass is 9.84. The van der Waals surface area contributed by atoms with Crippen LogP contribution in [0.2, 0.25) is 0 Å². The van der Waals surface area contributed by atoms with Crippen LogP contribution in [-0.2, 0) is 14.3 Å². The zero-order valence-corrected chi connectivity index (χ0v) is 19.8. The topological polar surface area (TPSA) is 151 Å². The number of aryl methyl sites for hydroxylation is 1. The number of carboxylic acids is 2. The van der Waals surface area contributed by atoms with Gasteiger partial charge in [-0.05, 0) is 37.5 Å². The molecule has 0 spiro atoms. The molecule has 3 atom stereocenters. The second-order valence-electron chi connectivity index (χ2n) is 8.12. The van der Waals surface area contributed by atoms with Crippen LogP contribution in [0.5, 0.6) is 0 Å². The standard InChI is InChI=1S/C17H22N6O.2C2HF3O2/c1-12-3-4-16(22-21-12)23-8-5-13-11-24-15(14(13)10-23)9-20-17-18-6-2-7-19-17;2*3-2(4,5)1(6)7/h2-4,6-7,13-15H,5,8-11H2,1H3,(H,18,19,20);2*(H,6,7)/t13-,14-,15+;;/m0../s1. The number of hydrogen-bond acceptors (Lipinski definition) is 9. The number of fused-ring (bicyclic) bond motifs is 1. The first kappa shape index (κ1) is 30.5. The van der Waals surface area contributed by atoms with Crippen LogP contribution in [0.15, 0.2) is 30.6 Å². The third-order valence-corrected chi connectivity index (χ3v) is 5.43. The monoisotopic (exact) mass is 554 g/mol. The van der Waals surface area contributed by atoms with Gasteiger partial charge in [0.1, 0.15) is 0 Å². The maximum absolute atomic E-state index is 10.6. The summed E-state index contributed by atoms with van der Waals surface area (Å²) in [4.78, 5) is 28.5. The summed E-state index contributed by atoms with van der Waals surface area (Å²) in [6.07, 6.45) is -5.36. The van der Waals surface area contributed by atoms with Crippen molar-refractivity contribution in [3.63, 3.8) is 0 Å². The SMILES string of the molecule is Cc1ccc(N2CC[C@H]3CO[C@H](CNc4ncccn4)[C@H]3C2)nn1.O=C(O)C(F)(F)F.O=C(O)C(F)(F)F. The minimum Gasteiger partial charge on any atom is -0.475 e. The van der Waals surface area contributed by atoms with Gasteiger partial charge in [0.25, 0.3) is 0 Å². The predicted octanol–water partition coefficient (Wildman–Crippen LogP) is 2.80. The van der Waals surface area contributed by atoms with E-state index in [1.807, 2.05) is 19.1 Å². The molecule has 2 aromatic rings. The number of carboxylic acid groups (broad SMARTS) is 2. The number of anilines is 2. The summed E-state index contributed by atoms with van der Waals surface area (Å²) < 4.78 is 69.5. The predicted molar refractivity (Wildman–Crippen MR) is 118 cm³/mol. The van der Waals surface area contributed by atoms with E-state index in [0.29, 0.717) is 17.8 Å². The first-order valence-electron chi connectivity index (χ1n) is 11.0. The van der Waals surface area contributed by atoms with E-state index in [2.05, 4.69) is 36.4 Å². The van der Waals surface area contributed by atoms with Gasteiger partial charge in [-0.2, -0.15) is 31.4 Å². The maximum Gasteiger partial charge on any atom is 0.490 e. The fourth-order valence-corrected chi connectivity index (χ4v) is 3.59. The number of alkyl halides is 6. The smallest absolute Gasteiger partial charge is 0.475 e. The van der Waals surface area contributed by atoms with Gasteiger partial charge in [-0.3, -0.25) is 0 Å². The average molecular weight is 554 g/mol. The number of piperidine rings is 1. The van der Waals surface area contributed by atoms with Crippen molar-refractivity contribution in [1.29, 1.82) is 0 Å². The van der Waals surface area contributed by atoms with Gasteiger partial charge >= 0.3 is 24.3 Å². The van der Waals surface area contributed by atoms with Gasteiger partial charge in [0.2, 0.25) is 5.95 Å². The Hall–Kier alpha value is -3.76. The zero-order chi connectivity index (χ0) is 28.5. The number of nitrogens with one attached hydrogen (secondary N) is 1. The summed E-state index contributed by atoms with van der Waals surface area (Å²) in [5, 5.41) is 26.1. The Balaban J connectivity index is 0.000000301. The Morgan fingerprint density at radius 1 is 1.05 bits per heavy atom. The Labute approximate surface area is 211 Å². The number of ether oxygens (including phenoxy) is 1. The van der Waals surface area contributed by atoms with Crippen LogP contribution >= 0.6 is 0 Å². The summed E-state index contributed by atoms with van der Waals surface area (Å²) in [5.74, 6) is -2.77. The van der Waals surface area contributed by atoms with Gasteiger partial charge in [-0.1, -0.05) is 0 Å². The molecular weight excluding hydrogens is 530 g/mol. The van der Waals surface area contributed by atoms with Gasteiger partial charge in [0, 0.05) is 37.9 Å². The van der Waals surface area contributed by atoms with Crippen LogP contribution < -0.4 is 10.2 Å². The van der Waals surface area contributed by atoms with Crippen molar-refractivity contribution in [2.24, 2.45) is 11.8 Å². The third kappa shape index (κ3) is 9.60. The molecule has 0 aliphatic carbocycles. The highest BCUT2D eigenvalue weighted by Gasteiger charge is 2.41. The van der Waals surface area contributed by atoms with E-state index < -0.39 is 24.3 Å². The quantitative estimate of drug-likeness (QED) is 0.479. The molecule has 38 heavy (non-hydrogen) atoms. The van der Waals surface area contributed by atoms with E-state index in [4.69, 9.17) is 24.5 Å². The van der Waals surface area contributed by atoms with Crippen LogP contribution in [0.1, 0.15) is 12.1 Å². The largest absolute Gasteiger partial charge is 0.490 e. The lowest BCUT2D eigenvalue weighted by Crippen LogP contribution is -2.44. The number of aromatic nitrogens is 4. The molecule has 2 saturated heterocycles. The number of halogens is 6. The van der Waals surface area contributed by atoms with Crippen molar-refractivity contribution in [2.75, 3.05) is 36.5 Å². The van der Waals surface area contributed by atoms with E-state index in [-0.39, 0.29) is 6.10 Å². The van der Waals surface area contributed by atoms with Crippen molar-refractivity contribution < 1.29 is 50.9 Å². The van der Waals surface area contributed by atoms with Crippen LogP contribution in [0.3, 0.4) is 0 Å². The van der Waals surface area contributed by atoms with Crippen LogP contribution in [0.25, 0.3) is 0 Å². The molecule has 0 radical (unpaired) electrons. The van der Waals surface area contributed by atoms with Crippen molar-refractivity contribution in [2.45, 2.75) is 31.8 Å². The first-order chi connectivity index (χ1) is 17.7. The molecule has 4 rings (SSSR count). The minimum absolute atomic E-state index is 0.181. The van der Waals surface area contributed by atoms with E-state index in [9.17, 15) is 26.3 Å². The molecule has 0 unspecified atom stereocenters. The number of carbonyl (C=O) groups is 2. The Kier molecular flexibility index (Phi) is 10.5. The molecule has 0 saturated carbocycles. The van der Waals surface area contributed by atoms with Gasteiger partial charge in [-0.25, -0.2) is 19.6 Å². The number of nitrogens with zero attached hydrogens (tertiary/aromatic N) is 5. The zero-order valence-electron chi connectivity index (χ0n) is 19.8. The van der Waals surface area contributed by atoms with Gasteiger partial charge in [0.15, 0.2) is 5.82 Å². The highest BCUT2D eigenvalue weighted by atomic mass is 19.4. The molecule has 2 aliphatic rings. The lowest BCUT2D eigenvalue weighted by Gasteiger charge is -2.36. The fourth-order valence-electron chi connectivity index (χ4n) is 3.59. The molecular formula is C21H24F6N6O5. The molecule has 0 bridgehead atoms. The average Bonchev–Trinajstić information content (AvgIpc) is 3.26. The van der Waals surface area contributed by atoms with E-state index in [1.54, 1.807) is 12.4 Å². The number of aliphatic carboxylic acids is 2. The molecule has 210 valence electrons. The highest BCUT2D eigenvalue weighted by molar-refractivity contribution is 5.73. The molecule has 4 heterocycles. The van der Waals surface area contributed by atoms with Crippen LogP contribution in [0.4, 0.5) is 38.1 Å². The summed E-state index contributed by atoms with van der Waals surface area (Å²) in [7, 11) is 0. The van der Waals surface area contributed by atoms with Gasteiger partial charge in [0.05, 0.1) is 18.4 Å². The second-order valence-corrected chi connectivity index (χ2v) is 8.12. The normalized spacial score (nSPS) is 20.7. The summed E-state index contributed by atoms with van der Waals surface area (Å²) in [6.45, 7) is 5.52. The van der Waals surface area contributed by atoms with Crippen molar-refractivity contribution in [3.8, 4) is 0 Å². The molecule has 2 aromatic heterocycles. The Morgan fingerprint density at radius 3 is 2.13 bits per heavy atom. The van der Waals surface area contributed by atoms with Gasteiger partial charge in [-0.15, -0.1) is 5.10 Å². The first-order valence-corrected chi connectivity index (χ1v) is 11.0. The minimum atomic E-state index is -5.08. The molecule has 2 aliphatic heterocycles. The molecule has 11 nitrogen and oxygen atoms in total. The number of hydrogen-bond donors (Lipinski definition) is 3. The Bertz CT molecular complexity index is 1020. The van der Waals surface area contributed by atoms with Crippen molar-refractivity contribution >= 4 is 23.7 Å². The van der Waals surface area contributed by atoms with Crippen LogP contribution in [0, 0.1) is 18.8 Å². The fraction of sp³-hybridized carbons (Fsp3) is 0.524. The highest BCUT2D eigenvalue weighted by Crippen LogP contribution is 2.35. The second kappa shape index (κ2) is 13.2. The van der Waals surface area contributed by atoms with E-state index in [1.165, 1.54) is 0 Å². The third-order valence-electron chi connectivity index (χ3n) is 5.43. The van der Waals surface area contributed by atoms with Crippen molar-refractivity contribution in [3.05, 3.63) is 36.3 Å². The maximum atomic E-state index is 10.6. The number of rotatable bonds is 4. The summed E-state index contributed by atoms with van der Waals surface area (Å²) in [5.41, 5.74) is 0.947. The van der Waals surface area contributed by atoms with Crippen LogP contribution in [-0.4, -0.2) is 87.0 Å².